The van der Waals surface area contributed by atoms with Crippen molar-refractivity contribution in [2.75, 3.05) is 6.61 Å². The fourth-order valence-electron chi connectivity index (χ4n) is 7.70. The van der Waals surface area contributed by atoms with Crippen LogP contribution in [0, 0.1) is 0 Å². The average Bonchev–Trinajstić information content (AvgIpc) is 3.25. The van der Waals surface area contributed by atoms with E-state index in [4.69, 9.17) is 4.74 Å². The summed E-state index contributed by atoms with van der Waals surface area (Å²) in [5, 5.41) is 23.8. The SMILES string of the molecule is CC/C=C\C/C=C\C/C=C\C/C=C\C/C=C\CCCC(=O)OC(CCCCCCCCCCCCCC)CC(=O)NC(CO)C(O)CCCCCCCCCCCCCCC. The third-order valence-corrected chi connectivity index (χ3v) is 11.6. The lowest BCUT2D eigenvalue weighted by atomic mass is 10.0. The number of hydrogen-bond acceptors (Lipinski definition) is 5. The number of allylic oxidation sites excluding steroid dienone is 10. The van der Waals surface area contributed by atoms with E-state index in [0.717, 1.165) is 77.0 Å². The van der Waals surface area contributed by atoms with E-state index in [1.165, 1.54) is 122 Å². The third kappa shape index (κ3) is 44.0. The van der Waals surface area contributed by atoms with Crippen molar-refractivity contribution in [1.29, 1.82) is 0 Å². The fraction of sp³-hybridized carbons (Fsp3) is 0.782. The van der Waals surface area contributed by atoms with E-state index < -0.39 is 18.2 Å². The molecule has 0 bridgehead atoms. The van der Waals surface area contributed by atoms with Gasteiger partial charge >= 0.3 is 5.97 Å². The normalized spacial score (nSPS) is 13.7. The highest BCUT2D eigenvalue weighted by Crippen LogP contribution is 2.18. The van der Waals surface area contributed by atoms with Gasteiger partial charge in [0, 0.05) is 6.42 Å². The summed E-state index contributed by atoms with van der Waals surface area (Å²) < 4.78 is 5.91. The van der Waals surface area contributed by atoms with Crippen LogP contribution in [-0.2, 0) is 14.3 Å². The minimum Gasteiger partial charge on any atom is -0.462 e. The molecule has 0 aliphatic carbocycles. The third-order valence-electron chi connectivity index (χ3n) is 11.6. The molecule has 6 nitrogen and oxygen atoms in total. The van der Waals surface area contributed by atoms with Gasteiger partial charge in [-0.15, -0.1) is 0 Å². The van der Waals surface area contributed by atoms with Crippen molar-refractivity contribution in [3.63, 3.8) is 0 Å². The number of amides is 1. The lowest BCUT2D eigenvalue weighted by Crippen LogP contribution is -2.46. The highest BCUT2D eigenvalue weighted by Gasteiger charge is 2.24. The Bertz CT molecular complexity index is 1090. The highest BCUT2D eigenvalue weighted by atomic mass is 16.5. The maximum absolute atomic E-state index is 13.2. The van der Waals surface area contributed by atoms with Crippen LogP contribution in [0.1, 0.15) is 252 Å². The molecule has 3 unspecified atom stereocenters. The van der Waals surface area contributed by atoms with Crippen LogP contribution >= 0.6 is 0 Å². The van der Waals surface area contributed by atoms with Crippen molar-refractivity contribution < 1.29 is 24.5 Å². The average molecular weight is 854 g/mol. The molecule has 0 aliphatic rings. The molecule has 0 fully saturated rings. The molecule has 3 atom stereocenters. The molecular weight excluding hydrogens is 755 g/mol. The van der Waals surface area contributed by atoms with Gasteiger partial charge in [0.2, 0.25) is 5.91 Å². The van der Waals surface area contributed by atoms with Gasteiger partial charge in [-0.25, -0.2) is 0 Å². The summed E-state index contributed by atoms with van der Waals surface area (Å²) in [6, 6.07) is -0.712. The summed E-state index contributed by atoms with van der Waals surface area (Å²) in [6.07, 6.45) is 59.9. The first kappa shape index (κ1) is 58.6. The van der Waals surface area contributed by atoms with Crippen LogP contribution in [-0.4, -0.2) is 46.9 Å². The minimum absolute atomic E-state index is 0.0561. The number of esters is 1. The van der Waals surface area contributed by atoms with Crippen molar-refractivity contribution in [1.82, 2.24) is 5.32 Å². The Kier molecular flexibility index (Phi) is 46.6. The van der Waals surface area contributed by atoms with E-state index in [1.807, 2.05) is 0 Å². The molecule has 0 saturated carbocycles. The van der Waals surface area contributed by atoms with Crippen molar-refractivity contribution in [3.05, 3.63) is 60.8 Å². The topological polar surface area (TPSA) is 95.9 Å². The van der Waals surface area contributed by atoms with Crippen LogP contribution in [0.25, 0.3) is 0 Å². The fourth-order valence-corrected chi connectivity index (χ4v) is 7.70. The summed E-state index contributed by atoms with van der Waals surface area (Å²) in [6.45, 7) is 6.36. The Hall–Kier alpha value is -2.44. The highest BCUT2D eigenvalue weighted by molar-refractivity contribution is 5.77. The van der Waals surface area contributed by atoms with Crippen LogP contribution in [0.15, 0.2) is 60.8 Å². The molecule has 0 spiro atoms. The Labute approximate surface area is 378 Å². The predicted molar refractivity (Wildman–Crippen MR) is 264 cm³/mol. The Morgan fingerprint density at radius 1 is 0.492 bits per heavy atom. The van der Waals surface area contributed by atoms with E-state index in [1.54, 1.807) is 0 Å². The molecule has 0 saturated heterocycles. The molecule has 0 aromatic carbocycles. The van der Waals surface area contributed by atoms with Gasteiger partial charge in [-0.1, -0.05) is 236 Å². The number of ether oxygens (including phenoxy) is 1. The zero-order valence-corrected chi connectivity index (χ0v) is 40.3. The molecule has 3 N–H and O–H groups in total. The van der Waals surface area contributed by atoms with E-state index in [2.05, 4.69) is 86.8 Å². The monoisotopic (exact) mass is 854 g/mol. The van der Waals surface area contributed by atoms with E-state index >= 15 is 0 Å². The number of unbranched alkanes of at least 4 members (excludes halogenated alkanes) is 24. The van der Waals surface area contributed by atoms with Crippen molar-refractivity contribution in [2.24, 2.45) is 0 Å². The molecule has 0 aromatic heterocycles. The Balaban J connectivity index is 4.63. The second-order valence-electron chi connectivity index (χ2n) is 17.5. The quantitative estimate of drug-likeness (QED) is 0.0322. The van der Waals surface area contributed by atoms with Crippen LogP contribution in [0.5, 0.6) is 0 Å². The van der Waals surface area contributed by atoms with Gasteiger partial charge in [-0.3, -0.25) is 9.59 Å². The number of hydrogen-bond donors (Lipinski definition) is 3. The summed E-state index contributed by atoms with van der Waals surface area (Å²) in [7, 11) is 0. The largest absolute Gasteiger partial charge is 0.462 e. The van der Waals surface area contributed by atoms with Gasteiger partial charge in [0.1, 0.15) is 6.10 Å². The zero-order chi connectivity index (χ0) is 44.5. The minimum atomic E-state index is -0.796. The molecule has 6 heteroatoms. The number of aliphatic hydroxyl groups is 2. The smallest absolute Gasteiger partial charge is 0.306 e. The number of rotatable bonds is 46. The number of aliphatic hydroxyl groups excluding tert-OH is 2. The second-order valence-corrected chi connectivity index (χ2v) is 17.5. The summed E-state index contributed by atoms with van der Waals surface area (Å²) in [5.74, 6) is -0.538. The maximum atomic E-state index is 13.2. The number of carbonyl (C=O) groups excluding carboxylic acids is 2. The summed E-state index contributed by atoms with van der Waals surface area (Å²) in [4.78, 5) is 26.1. The van der Waals surface area contributed by atoms with Crippen LogP contribution in [0.4, 0.5) is 0 Å². The Morgan fingerprint density at radius 3 is 1.28 bits per heavy atom. The van der Waals surface area contributed by atoms with Gasteiger partial charge in [0.05, 0.1) is 25.2 Å². The van der Waals surface area contributed by atoms with Crippen molar-refractivity contribution in [2.45, 2.75) is 270 Å². The molecular formula is C55H99NO5. The van der Waals surface area contributed by atoms with Crippen LogP contribution in [0.3, 0.4) is 0 Å². The molecule has 1 amide bonds. The van der Waals surface area contributed by atoms with E-state index in [-0.39, 0.29) is 24.9 Å². The van der Waals surface area contributed by atoms with Gasteiger partial charge in [0.25, 0.3) is 0 Å². The standard InChI is InChI=1S/C55H99NO5/c1-4-7-10-13-16-19-22-25-26-27-28-30-33-36-39-42-45-48-55(60)61-51(46-43-40-37-34-31-24-21-18-15-12-9-6-3)49-54(59)56-52(50-57)53(58)47-44-41-38-35-32-29-23-20-17-14-11-8-5-2/h7,10,16,19,25-26,28,30,36,39,51-53,57-58H,4-6,8-9,11-15,17-18,20-24,27,29,31-35,37-38,40-50H2,1-3H3,(H,56,59)/b10-7-,19-16-,26-25-,30-28-,39-36-. The van der Waals surface area contributed by atoms with Gasteiger partial charge in [-0.05, 0) is 64.2 Å². The molecule has 0 aliphatic heterocycles. The van der Waals surface area contributed by atoms with E-state index in [0.29, 0.717) is 25.7 Å². The molecule has 0 aromatic rings. The molecule has 0 radical (unpaired) electrons. The molecule has 354 valence electrons. The van der Waals surface area contributed by atoms with Crippen LogP contribution < -0.4 is 5.32 Å². The number of nitrogens with one attached hydrogen (secondary N) is 1. The van der Waals surface area contributed by atoms with Crippen molar-refractivity contribution >= 4 is 11.9 Å². The first-order chi connectivity index (χ1) is 30.0. The molecule has 0 heterocycles. The zero-order valence-electron chi connectivity index (χ0n) is 40.3. The van der Waals surface area contributed by atoms with Crippen LogP contribution in [0.2, 0.25) is 0 Å². The molecule has 61 heavy (non-hydrogen) atoms. The Morgan fingerprint density at radius 2 is 0.869 bits per heavy atom. The first-order valence-corrected chi connectivity index (χ1v) is 26.0. The second kappa shape index (κ2) is 48.6. The lowest BCUT2D eigenvalue weighted by Gasteiger charge is -2.24. The van der Waals surface area contributed by atoms with Crippen molar-refractivity contribution in [3.8, 4) is 0 Å². The van der Waals surface area contributed by atoms with E-state index in [9.17, 15) is 19.8 Å². The maximum Gasteiger partial charge on any atom is 0.306 e. The summed E-state index contributed by atoms with van der Waals surface area (Å²) >= 11 is 0. The first-order valence-electron chi connectivity index (χ1n) is 26.0. The molecule has 0 rings (SSSR count). The predicted octanol–water partition coefficient (Wildman–Crippen LogP) is 15.6. The van der Waals surface area contributed by atoms with Gasteiger partial charge in [-0.2, -0.15) is 0 Å². The number of carbonyl (C=O) groups is 2. The van der Waals surface area contributed by atoms with Gasteiger partial charge < -0.3 is 20.3 Å². The summed E-state index contributed by atoms with van der Waals surface area (Å²) in [5.41, 5.74) is 0. The van der Waals surface area contributed by atoms with Gasteiger partial charge in [0.15, 0.2) is 0 Å². The lowest BCUT2D eigenvalue weighted by molar-refractivity contribution is -0.151.